The van der Waals surface area contributed by atoms with Crippen LogP contribution in [0, 0.1) is 13.8 Å². The molecule has 0 spiro atoms. The van der Waals surface area contributed by atoms with E-state index >= 15 is 0 Å². The summed E-state index contributed by atoms with van der Waals surface area (Å²) in [7, 11) is -0.665. The largest absolute Gasteiger partial charge is 0.677 e. The van der Waals surface area contributed by atoms with Gasteiger partial charge in [-0.05, 0) is 68.4 Å². The van der Waals surface area contributed by atoms with E-state index < -0.39 is 7.40 Å². The first kappa shape index (κ1) is 21.2. The zero-order valence-corrected chi connectivity index (χ0v) is 18.4. The maximum absolute atomic E-state index is 14.3. The second-order valence-electron chi connectivity index (χ2n) is 7.67. The summed E-state index contributed by atoms with van der Waals surface area (Å²) in [5, 5.41) is 0. The Balaban J connectivity index is 2.47. The molecule has 3 heterocycles. The number of aliphatic imine (C=N–C) groups is 1. The Morgan fingerprint density at radius 3 is 2.17 bits per heavy atom. The quantitative estimate of drug-likeness (QED) is 0.488. The maximum Gasteiger partial charge on any atom is 0.677 e. The molecule has 2 aromatic heterocycles. The van der Waals surface area contributed by atoms with Crippen LogP contribution < -0.4 is 4.57 Å². The molecule has 1 aliphatic heterocycles. The van der Waals surface area contributed by atoms with Crippen LogP contribution in [-0.2, 0) is 13.5 Å². The molecule has 29 heavy (non-hydrogen) atoms. The van der Waals surface area contributed by atoms with Crippen molar-refractivity contribution in [3.63, 3.8) is 0 Å². The Morgan fingerprint density at radius 2 is 1.69 bits per heavy atom. The third kappa shape index (κ3) is 3.49. The van der Waals surface area contributed by atoms with Crippen molar-refractivity contribution in [2.45, 2.75) is 54.4 Å². The second kappa shape index (κ2) is 8.09. The number of aryl methyl sites for hydroxylation is 1. The van der Waals surface area contributed by atoms with Crippen LogP contribution in [0.25, 0.3) is 5.57 Å². The van der Waals surface area contributed by atoms with E-state index in [0.717, 1.165) is 45.7 Å². The van der Waals surface area contributed by atoms with Crippen molar-refractivity contribution in [3.05, 3.63) is 69.4 Å². The van der Waals surface area contributed by atoms with Gasteiger partial charge in [0, 0.05) is 34.8 Å². The lowest BCUT2D eigenvalue weighted by Gasteiger charge is -2.16. The van der Waals surface area contributed by atoms with E-state index in [1.165, 1.54) is 10.1 Å². The molecule has 6 heteroatoms. The minimum Gasteiger partial charge on any atom is -0.329 e. The van der Waals surface area contributed by atoms with Crippen molar-refractivity contribution in [1.29, 1.82) is 0 Å². The normalized spacial score (nSPS) is 15.8. The standard InChI is InChI=1S/C23H29BF2N3/c1-8-19-14(3)22(27-16(19)5)21(18-10-12-28(7)13-11-18)23-15(4)20(9-2)17(6)29(23)24(25)26/h10-13H,8-9H2,1-7H3/q+1. The summed E-state index contributed by atoms with van der Waals surface area (Å²) in [6, 6.07) is 3.96. The first-order valence-electron chi connectivity index (χ1n) is 10.2. The van der Waals surface area contributed by atoms with Crippen LogP contribution in [0.2, 0.25) is 0 Å². The molecule has 1 aliphatic rings. The Bertz CT molecular complexity index is 1040. The van der Waals surface area contributed by atoms with Gasteiger partial charge in [-0.1, -0.05) is 13.8 Å². The number of hydrogen-bond donors (Lipinski definition) is 0. The van der Waals surface area contributed by atoms with Gasteiger partial charge in [0.15, 0.2) is 12.4 Å². The van der Waals surface area contributed by atoms with Crippen LogP contribution in [0.3, 0.4) is 0 Å². The molecule has 0 saturated carbocycles. The first-order chi connectivity index (χ1) is 13.7. The Labute approximate surface area is 172 Å². The minimum absolute atomic E-state index is 0.575. The molecular weight excluding hydrogens is 367 g/mol. The van der Waals surface area contributed by atoms with E-state index in [2.05, 4.69) is 13.8 Å². The molecule has 3 rings (SSSR count). The summed E-state index contributed by atoms with van der Waals surface area (Å²) in [6.45, 7) is 11.9. The third-order valence-corrected chi connectivity index (χ3v) is 6.01. The topological polar surface area (TPSA) is 21.2 Å². The molecule has 0 bridgehead atoms. The SMILES string of the molecule is CCC1=C(C)/C(=C(\c2cc[n+](C)cc2)c2c(C)c(CC)c(C)n2B(F)F)N=C1C. The molecule has 0 N–H and O–H groups in total. The van der Waals surface area contributed by atoms with E-state index in [9.17, 15) is 8.63 Å². The highest BCUT2D eigenvalue weighted by Gasteiger charge is 2.32. The molecule has 0 fully saturated rings. The van der Waals surface area contributed by atoms with Crippen molar-refractivity contribution >= 4 is 18.7 Å². The smallest absolute Gasteiger partial charge is 0.329 e. The summed E-state index contributed by atoms with van der Waals surface area (Å²) >= 11 is 0. The average Bonchev–Trinajstić information content (AvgIpc) is 3.09. The fourth-order valence-electron chi connectivity index (χ4n) is 4.53. The molecule has 152 valence electrons. The van der Waals surface area contributed by atoms with Gasteiger partial charge >= 0.3 is 7.40 Å². The molecule has 0 amide bonds. The number of pyridine rings is 1. The van der Waals surface area contributed by atoms with Crippen molar-refractivity contribution in [2.75, 3.05) is 0 Å². The van der Waals surface area contributed by atoms with Gasteiger partial charge in [-0.25, -0.2) is 4.57 Å². The summed E-state index contributed by atoms with van der Waals surface area (Å²) < 4.78 is 31.6. The van der Waals surface area contributed by atoms with Crippen molar-refractivity contribution in [3.8, 4) is 0 Å². The minimum atomic E-state index is -2.61. The molecule has 0 atom stereocenters. The highest BCUT2D eigenvalue weighted by Crippen LogP contribution is 2.40. The van der Waals surface area contributed by atoms with Crippen LogP contribution in [0.1, 0.15) is 62.2 Å². The fraction of sp³-hybridized carbons (Fsp3) is 0.391. The predicted molar refractivity (Wildman–Crippen MR) is 116 cm³/mol. The molecule has 2 aromatic rings. The molecule has 0 radical (unpaired) electrons. The van der Waals surface area contributed by atoms with Gasteiger partial charge in [-0.15, -0.1) is 0 Å². The lowest BCUT2D eigenvalue weighted by atomic mass is 9.93. The van der Waals surface area contributed by atoms with Gasteiger partial charge in [-0.2, -0.15) is 0 Å². The molecule has 0 saturated heterocycles. The molecular formula is C23H29BF2N3+. The lowest BCUT2D eigenvalue weighted by molar-refractivity contribution is -0.671. The molecule has 0 aromatic carbocycles. The lowest BCUT2D eigenvalue weighted by Crippen LogP contribution is -2.26. The average molecular weight is 396 g/mol. The second-order valence-corrected chi connectivity index (χ2v) is 7.67. The highest BCUT2D eigenvalue weighted by molar-refractivity contribution is 6.41. The predicted octanol–water partition coefficient (Wildman–Crippen LogP) is 5.22. The highest BCUT2D eigenvalue weighted by atomic mass is 19.2. The molecule has 0 unspecified atom stereocenters. The van der Waals surface area contributed by atoms with E-state index in [-0.39, 0.29) is 0 Å². The summed E-state index contributed by atoms with van der Waals surface area (Å²) in [5.41, 5.74) is 8.82. The number of halogens is 2. The molecule has 0 aliphatic carbocycles. The van der Waals surface area contributed by atoms with Gasteiger partial charge in [0.25, 0.3) is 0 Å². The van der Waals surface area contributed by atoms with Crippen molar-refractivity contribution < 1.29 is 13.2 Å². The summed E-state index contributed by atoms with van der Waals surface area (Å²) in [4.78, 5) is 4.86. The number of allylic oxidation sites excluding steroid dienone is 2. The summed E-state index contributed by atoms with van der Waals surface area (Å²) in [5.74, 6) is 0. The molecule has 3 nitrogen and oxygen atoms in total. The van der Waals surface area contributed by atoms with Gasteiger partial charge in [0.05, 0.1) is 5.70 Å². The number of aromatic nitrogens is 2. The van der Waals surface area contributed by atoms with E-state index in [0.29, 0.717) is 17.8 Å². The number of nitrogens with zero attached hydrogens (tertiary/aromatic N) is 3. The number of rotatable bonds is 5. The zero-order chi connectivity index (χ0) is 21.5. The zero-order valence-electron chi connectivity index (χ0n) is 18.4. The van der Waals surface area contributed by atoms with E-state index in [4.69, 9.17) is 4.99 Å². The first-order valence-corrected chi connectivity index (χ1v) is 10.2. The van der Waals surface area contributed by atoms with Crippen molar-refractivity contribution in [2.24, 2.45) is 12.0 Å². The van der Waals surface area contributed by atoms with Gasteiger partial charge in [0.2, 0.25) is 0 Å². The van der Waals surface area contributed by atoms with E-state index in [1.807, 2.05) is 56.9 Å². The maximum atomic E-state index is 14.3. The van der Waals surface area contributed by atoms with Gasteiger partial charge in [-0.3, -0.25) is 13.6 Å². The van der Waals surface area contributed by atoms with Crippen LogP contribution in [0.5, 0.6) is 0 Å². The summed E-state index contributed by atoms with van der Waals surface area (Å²) in [6.07, 6.45) is 5.48. The van der Waals surface area contributed by atoms with Crippen LogP contribution in [-0.4, -0.2) is 17.6 Å². The fourth-order valence-corrected chi connectivity index (χ4v) is 4.53. The Hall–Kier alpha value is -2.50. The van der Waals surface area contributed by atoms with Gasteiger partial charge < -0.3 is 4.48 Å². The van der Waals surface area contributed by atoms with Crippen LogP contribution in [0.4, 0.5) is 8.63 Å². The Kier molecular flexibility index (Phi) is 5.92. The number of hydrogen-bond acceptors (Lipinski definition) is 1. The van der Waals surface area contributed by atoms with Crippen LogP contribution >= 0.6 is 0 Å². The van der Waals surface area contributed by atoms with E-state index in [1.54, 1.807) is 6.92 Å². The third-order valence-electron chi connectivity index (χ3n) is 6.01. The van der Waals surface area contributed by atoms with Crippen LogP contribution in [0.15, 0.2) is 46.4 Å². The van der Waals surface area contributed by atoms with Crippen molar-refractivity contribution in [1.82, 2.24) is 4.48 Å². The van der Waals surface area contributed by atoms with Gasteiger partial charge in [0.1, 0.15) is 7.05 Å². The Morgan fingerprint density at radius 1 is 1.07 bits per heavy atom. The monoisotopic (exact) mass is 396 g/mol.